The number of fused-ring (bicyclic) bond motifs is 3. The van der Waals surface area contributed by atoms with Gasteiger partial charge in [-0.2, -0.15) is 5.10 Å². The first kappa shape index (κ1) is 49.0. The first-order valence-electron chi connectivity index (χ1n) is 24.3. The Bertz CT molecular complexity index is 3200. The van der Waals surface area contributed by atoms with Gasteiger partial charge in [-0.1, -0.05) is 61.8 Å². The largest absolute Gasteiger partial charge is 0.391 e. The summed E-state index contributed by atoms with van der Waals surface area (Å²) in [7, 11) is 0. The quantitative estimate of drug-likeness (QED) is 0.101. The molecule has 0 bridgehead atoms. The third-order valence-electron chi connectivity index (χ3n) is 14.1. The van der Waals surface area contributed by atoms with Crippen molar-refractivity contribution in [3.05, 3.63) is 134 Å². The van der Waals surface area contributed by atoms with E-state index >= 15 is 0 Å². The van der Waals surface area contributed by atoms with Gasteiger partial charge < -0.3 is 25.5 Å². The first-order valence-corrected chi connectivity index (χ1v) is 26.4. The molecule has 0 aliphatic carbocycles. The fourth-order valence-corrected chi connectivity index (χ4v) is 12.3. The van der Waals surface area contributed by atoms with Crippen molar-refractivity contribution in [3.8, 4) is 26.6 Å². The van der Waals surface area contributed by atoms with Gasteiger partial charge in [0.15, 0.2) is 5.82 Å². The highest BCUT2D eigenvalue weighted by Crippen LogP contribution is 2.40. The summed E-state index contributed by atoms with van der Waals surface area (Å²) < 4.78 is 3.72. The molecule has 5 aromatic heterocycles. The van der Waals surface area contributed by atoms with Crippen LogP contribution < -0.4 is 15.5 Å². The molecule has 72 heavy (non-hydrogen) atoms. The van der Waals surface area contributed by atoms with Crippen LogP contribution in [0.4, 0.5) is 5.82 Å². The number of hydrogen-bond acceptors (Lipinski definition) is 13. The van der Waals surface area contributed by atoms with E-state index in [0.29, 0.717) is 23.9 Å². The Morgan fingerprint density at radius 3 is 2.42 bits per heavy atom. The molecule has 0 spiro atoms. The lowest BCUT2D eigenvalue weighted by Gasteiger charge is -2.30. The molecule has 6 atom stereocenters. The molecule has 19 heteroatoms. The van der Waals surface area contributed by atoms with Crippen molar-refractivity contribution in [2.24, 2.45) is 10.9 Å². The van der Waals surface area contributed by atoms with Crippen LogP contribution in [0.25, 0.3) is 26.6 Å². The maximum atomic E-state index is 14.5. The van der Waals surface area contributed by atoms with E-state index in [0.717, 1.165) is 78.3 Å². The number of pyridine rings is 1. The topological polar surface area (TPSA) is 189 Å². The van der Waals surface area contributed by atoms with E-state index < -0.39 is 24.2 Å². The van der Waals surface area contributed by atoms with Gasteiger partial charge in [-0.15, -0.1) is 32.9 Å². The molecule has 3 amide bonds. The van der Waals surface area contributed by atoms with E-state index in [1.165, 1.54) is 9.78 Å². The van der Waals surface area contributed by atoms with Gasteiger partial charge in [0.25, 0.3) is 0 Å². The van der Waals surface area contributed by atoms with E-state index in [9.17, 15) is 19.5 Å². The lowest BCUT2D eigenvalue weighted by atomic mass is 9.99. The summed E-state index contributed by atoms with van der Waals surface area (Å²) in [4.78, 5) is 62.7. The summed E-state index contributed by atoms with van der Waals surface area (Å²) in [6.45, 7) is 15.2. The van der Waals surface area contributed by atoms with Gasteiger partial charge in [0.05, 0.1) is 46.6 Å². The molecule has 8 heterocycles. The number of likely N-dealkylation sites (tertiary alicyclic amines) is 1. The number of aliphatic hydroxyl groups is 1. The predicted octanol–water partition coefficient (Wildman–Crippen LogP) is 8.31. The molecule has 2 saturated heterocycles. The van der Waals surface area contributed by atoms with Gasteiger partial charge in [-0.25, -0.2) is 9.97 Å². The minimum absolute atomic E-state index is 0.0501. The van der Waals surface area contributed by atoms with Crippen LogP contribution in [-0.4, -0.2) is 106 Å². The number of anilines is 1. The zero-order valence-electron chi connectivity index (χ0n) is 41.2. The van der Waals surface area contributed by atoms with Gasteiger partial charge in [-0.3, -0.25) is 28.6 Å². The predicted molar refractivity (Wildman–Crippen MR) is 281 cm³/mol. The maximum absolute atomic E-state index is 14.5. The van der Waals surface area contributed by atoms with Crippen molar-refractivity contribution in [1.29, 1.82) is 0 Å². The summed E-state index contributed by atoms with van der Waals surface area (Å²) in [6.07, 6.45) is 5.47. The third kappa shape index (κ3) is 9.60. The average molecular weight is 1030 g/mol. The number of halogens is 1. The number of aliphatic imine (C=N–C) groups is 1. The maximum Gasteiger partial charge on any atom is 0.248 e. The number of thiazole rings is 1. The van der Waals surface area contributed by atoms with Crippen LogP contribution in [0.2, 0.25) is 5.02 Å². The summed E-state index contributed by atoms with van der Waals surface area (Å²) in [5, 5.41) is 32.6. The Balaban J connectivity index is 0.796. The van der Waals surface area contributed by atoms with Crippen LogP contribution in [0.3, 0.4) is 0 Å². The van der Waals surface area contributed by atoms with Crippen molar-refractivity contribution in [1.82, 2.24) is 50.0 Å². The van der Waals surface area contributed by atoms with E-state index in [2.05, 4.69) is 49.1 Å². The van der Waals surface area contributed by atoms with Gasteiger partial charge in [-0.05, 0) is 93.5 Å². The van der Waals surface area contributed by atoms with E-state index in [1.807, 2.05) is 107 Å². The standard InChI is InChI=1S/C53H57ClN12O4S2/c1-28(2)48(52(70)64-26-41(67)21-43(64)51(69)58-30(4)34-8-10-36(11-9-34)49-31(5)56-27-71-49)65-24-38(23-57-65)37-16-18-55-44(20-37)63-19-17-40(25-63)59-45(68)22-42-50-62-61-33(7)66(50)53-46(29(3)32(6)72-53)47(60-42)35-12-14-39(54)15-13-35/h8-16,18,20,23-24,27-28,30,40-43,48,67H,17,19,21-22,25-26H2,1-7H3,(H,58,69)(H,59,68)/t30-,40-,41+,42-,43-,48?/m0/s1. The van der Waals surface area contributed by atoms with Crippen molar-refractivity contribution in [2.45, 2.75) is 104 Å². The molecule has 1 unspecified atom stereocenters. The molecule has 372 valence electrons. The molecule has 0 radical (unpaired) electrons. The number of carbonyl (C=O) groups is 3. The number of aryl methyl sites for hydroxylation is 3. The normalized spacial score (nSPS) is 19.4. The lowest BCUT2D eigenvalue weighted by molar-refractivity contribution is -0.142. The molecule has 16 nitrogen and oxygen atoms in total. The second-order valence-electron chi connectivity index (χ2n) is 19.4. The van der Waals surface area contributed by atoms with Crippen molar-refractivity contribution < 1.29 is 19.5 Å². The number of aliphatic hydroxyl groups excluding tert-OH is 1. The molecule has 2 aromatic carbocycles. The number of nitrogens with zero attached hydrogens (tertiary/aromatic N) is 10. The number of β-amino-alcohol motifs (C(OH)–C–C–N with tert-alkyl or cyclic N) is 1. The van der Waals surface area contributed by atoms with Crippen LogP contribution in [-0.2, 0) is 14.4 Å². The monoisotopic (exact) mass is 1020 g/mol. The fourth-order valence-electron chi connectivity index (χ4n) is 10.2. The van der Waals surface area contributed by atoms with E-state index in [4.69, 9.17) is 26.7 Å². The number of thiophene rings is 1. The number of hydrogen-bond donors (Lipinski definition) is 3. The molecule has 3 N–H and O–H groups in total. The second kappa shape index (κ2) is 20.1. The van der Waals surface area contributed by atoms with E-state index in [-0.39, 0.29) is 55.1 Å². The van der Waals surface area contributed by atoms with Crippen molar-refractivity contribution in [2.75, 3.05) is 24.5 Å². The highest BCUT2D eigenvalue weighted by Gasteiger charge is 2.43. The Labute approximate surface area is 431 Å². The number of carbonyl (C=O) groups excluding carboxylic acids is 3. The Hall–Kier alpha value is -6.60. The summed E-state index contributed by atoms with van der Waals surface area (Å²) in [5.41, 5.74) is 10.3. The number of aromatic nitrogens is 7. The molecular weight excluding hydrogens is 968 g/mol. The zero-order chi connectivity index (χ0) is 50.5. The van der Waals surface area contributed by atoms with Crippen LogP contribution in [0.15, 0.2) is 89.8 Å². The third-order valence-corrected chi connectivity index (χ3v) is 16.5. The summed E-state index contributed by atoms with van der Waals surface area (Å²) in [6, 6.07) is 17.0. The summed E-state index contributed by atoms with van der Waals surface area (Å²) >= 11 is 9.57. The number of amides is 3. The molecule has 3 aliphatic heterocycles. The molecule has 10 rings (SSSR count). The first-order chi connectivity index (χ1) is 34.6. The number of nitrogens with one attached hydrogen (secondary N) is 2. The second-order valence-corrected chi connectivity index (χ2v) is 21.9. The van der Waals surface area contributed by atoms with Crippen molar-refractivity contribution >= 4 is 63.5 Å². The minimum atomic E-state index is -0.838. The molecule has 7 aromatic rings. The van der Waals surface area contributed by atoms with Gasteiger partial charge >= 0.3 is 0 Å². The van der Waals surface area contributed by atoms with Crippen LogP contribution >= 0.6 is 34.3 Å². The Morgan fingerprint density at radius 1 is 0.917 bits per heavy atom. The van der Waals surface area contributed by atoms with Crippen LogP contribution in [0.5, 0.6) is 0 Å². The Morgan fingerprint density at radius 2 is 1.68 bits per heavy atom. The number of benzene rings is 2. The van der Waals surface area contributed by atoms with Gasteiger partial charge in [0.1, 0.15) is 34.8 Å². The highest BCUT2D eigenvalue weighted by atomic mass is 35.5. The summed E-state index contributed by atoms with van der Waals surface area (Å²) in [5.74, 6) is 1.22. The SMILES string of the molecule is Cc1ncsc1-c1ccc([C@H](C)NC(=O)[C@@H]2C[C@@H](O)CN2C(=O)C(C(C)C)n2cc(-c3ccnc(N4CC[C@H](NC(=O)C[C@@H]5N=C(c6ccc(Cl)cc6)c6c(sc(C)c6C)-n6c(C)nnc65)C4)c3)cn2)cc1. The molecule has 0 saturated carbocycles. The zero-order valence-corrected chi connectivity index (χ0v) is 43.6. The van der Waals surface area contributed by atoms with Gasteiger partial charge in [0, 0.05) is 71.1 Å². The smallest absolute Gasteiger partial charge is 0.248 e. The highest BCUT2D eigenvalue weighted by molar-refractivity contribution is 7.15. The molecule has 2 fully saturated rings. The van der Waals surface area contributed by atoms with Gasteiger partial charge in [0.2, 0.25) is 17.7 Å². The average Bonchev–Trinajstić information content (AvgIpc) is 4.24. The Kier molecular flexibility index (Phi) is 13.7. The fraction of sp³-hybridized carbons (Fsp3) is 0.377. The molecular formula is C53H57ClN12O4S2. The van der Waals surface area contributed by atoms with Crippen LogP contribution in [0.1, 0.15) is 103 Å². The van der Waals surface area contributed by atoms with E-state index in [1.54, 1.807) is 39.7 Å². The number of rotatable bonds is 13. The van der Waals surface area contributed by atoms with Crippen molar-refractivity contribution in [3.63, 3.8) is 0 Å². The minimum Gasteiger partial charge on any atom is -0.391 e. The molecule has 3 aliphatic rings. The van der Waals surface area contributed by atoms with Crippen LogP contribution in [0, 0.1) is 33.6 Å². The lowest BCUT2D eigenvalue weighted by Crippen LogP contribution is -2.49.